The van der Waals surface area contributed by atoms with Crippen molar-refractivity contribution in [3.8, 4) is 0 Å². The van der Waals surface area contributed by atoms with Crippen LogP contribution in [0.15, 0.2) is 35.5 Å². The van der Waals surface area contributed by atoms with Gasteiger partial charge in [0.2, 0.25) is 5.91 Å². The molecule has 7 unspecified atom stereocenters. The maximum absolute atomic E-state index is 13.3. The molecule has 0 aliphatic heterocycles. The molecule has 3 saturated carbocycles. The van der Waals surface area contributed by atoms with Gasteiger partial charge in [0.05, 0.1) is 0 Å². The van der Waals surface area contributed by atoms with E-state index in [9.17, 15) is 9.59 Å². The van der Waals surface area contributed by atoms with Gasteiger partial charge in [0.15, 0.2) is 0 Å². The molecule has 1 N–H and O–H groups in total. The summed E-state index contributed by atoms with van der Waals surface area (Å²) in [7, 11) is 0. The molecule has 0 aromatic carbocycles. The summed E-state index contributed by atoms with van der Waals surface area (Å²) in [5.74, 6) is 4.22. The van der Waals surface area contributed by atoms with Crippen LogP contribution in [0.3, 0.4) is 0 Å². The second-order valence-electron chi connectivity index (χ2n) is 26.0. The summed E-state index contributed by atoms with van der Waals surface area (Å²) < 4.78 is 6.18. The fourth-order valence-electron chi connectivity index (χ4n) is 14.3. The van der Waals surface area contributed by atoms with E-state index in [0.29, 0.717) is 30.2 Å². The van der Waals surface area contributed by atoms with Crippen LogP contribution < -0.4 is 5.32 Å². The molecule has 3 aliphatic rings. The molecule has 0 heterocycles. The molecule has 75 heavy (non-hydrogen) atoms. The highest BCUT2D eigenvalue weighted by atomic mass is 16.5. The lowest BCUT2D eigenvalue weighted by molar-refractivity contribution is -0.149. The van der Waals surface area contributed by atoms with Crippen molar-refractivity contribution in [1.82, 2.24) is 10.2 Å². The number of rotatable bonds is 46. The number of hydrogen-bond donors (Lipinski definition) is 1. The third kappa shape index (κ3) is 29.2. The molecule has 3 aliphatic carbocycles. The number of ether oxygens (including phenoxy) is 1. The standard InChI is InChI=1S/C70H128N2O3/c1-10-14-16-18-20-22-23-25-27-34-45-64(44-33-26-24-21-19-17-15-11-2)71-68(73)46-35-29-28-31-41-61(54-56-72(12-3)13-4)42-32-30-36-47-69(74)75-65-51-48-59(7)63(57-65)50-49-62-43-38-55-70(9)66(52-53-67(62)70)60(8)40-37-39-58(5)6/h49-50,58,60-61,64-67H,7,10-48,51-57H2,1-6,8-9H3,(H,71,73)/b62-49+,63-50-. The Kier molecular flexibility index (Phi) is 37.8. The molecule has 5 nitrogen and oxygen atoms in total. The Balaban J connectivity index is 1.37. The molecule has 3 rings (SSSR count). The zero-order valence-electron chi connectivity index (χ0n) is 51.6. The van der Waals surface area contributed by atoms with Gasteiger partial charge in [-0.15, -0.1) is 0 Å². The number of carbonyl (C=O) groups is 2. The molecule has 0 spiro atoms. The second kappa shape index (κ2) is 42.1. The summed E-state index contributed by atoms with van der Waals surface area (Å²) in [5, 5.41) is 3.53. The van der Waals surface area contributed by atoms with Crippen molar-refractivity contribution in [2.45, 2.75) is 344 Å². The molecule has 1 amide bonds. The fourth-order valence-corrected chi connectivity index (χ4v) is 14.3. The van der Waals surface area contributed by atoms with E-state index in [4.69, 9.17) is 4.74 Å². The number of amides is 1. The Labute approximate surface area is 468 Å². The van der Waals surface area contributed by atoms with Gasteiger partial charge in [0, 0.05) is 25.3 Å². The lowest BCUT2D eigenvalue weighted by Gasteiger charge is -2.44. The van der Waals surface area contributed by atoms with E-state index >= 15 is 0 Å². The molecule has 3 fully saturated rings. The first-order chi connectivity index (χ1) is 36.4. The zero-order valence-corrected chi connectivity index (χ0v) is 51.6. The van der Waals surface area contributed by atoms with Gasteiger partial charge in [0.1, 0.15) is 6.10 Å². The molecule has 436 valence electrons. The summed E-state index contributed by atoms with van der Waals surface area (Å²) in [6, 6.07) is 0.363. The van der Waals surface area contributed by atoms with Gasteiger partial charge in [-0.2, -0.15) is 0 Å². The number of unbranched alkanes of at least 4 members (excludes halogenated alkanes) is 21. The second-order valence-corrected chi connectivity index (χ2v) is 26.0. The van der Waals surface area contributed by atoms with Crippen LogP contribution in [-0.2, 0) is 14.3 Å². The lowest BCUT2D eigenvalue weighted by Crippen LogP contribution is -2.36. The van der Waals surface area contributed by atoms with Crippen LogP contribution >= 0.6 is 0 Å². The van der Waals surface area contributed by atoms with Crippen LogP contribution in [0.25, 0.3) is 0 Å². The van der Waals surface area contributed by atoms with E-state index in [1.54, 1.807) is 5.57 Å². The normalized spacial score (nSPS) is 22.3. The molecule has 0 saturated heterocycles. The number of fused-ring (bicyclic) bond motifs is 1. The molecular formula is C70H128N2O3. The van der Waals surface area contributed by atoms with Crippen molar-refractivity contribution >= 4 is 11.9 Å². The van der Waals surface area contributed by atoms with E-state index < -0.39 is 0 Å². The van der Waals surface area contributed by atoms with Crippen molar-refractivity contribution in [3.63, 3.8) is 0 Å². The van der Waals surface area contributed by atoms with Gasteiger partial charge >= 0.3 is 5.97 Å². The van der Waals surface area contributed by atoms with Gasteiger partial charge in [0.25, 0.3) is 0 Å². The number of allylic oxidation sites excluding steroid dienone is 4. The van der Waals surface area contributed by atoms with Crippen LogP contribution in [0, 0.1) is 35.0 Å². The third-order valence-electron chi connectivity index (χ3n) is 19.3. The first-order valence-corrected chi connectivity index (χ1v) is 33.7. The minimum Gasteiger partial charge on any atom is -0.462 e. The van der Waals surface area contributed by atoms with Crippen LogP contribution in [0.4, 0.5) is 0 Å². The average Bonchev–Trinajstić information content (AvgIpc) is 3.76. The Morgan fingerprint density at radius 1 is 0.627 bits per heavy atom. The lowest BCUT2D eigenvalue weighted by atomic mass is 9.60. The van der Waals surface area contributed by atoms with E-state index in [2.05, 4.69) is 84.3 Å². The van der Waals surface area contributed by atoms with Crippen molar-refractivity contribution in [2.24, 2.45) is 35.0 Å². The molecule has 7 atom stereocenters. The number of nitrogens with one attached hydrogen (secondary N) is 1. The quantitative estimate of drug-likeness (QED) is 0.0488. The summed E-state index contributed by atoms with van der Waals surface area (Å²) in [6.45, 7) is 27.0. The highest BCUT2D eigenvalue weighted by Gasteiger charge is 2.50. The number of hydrogen-bond acceptors (Lipinski definition) is 4. The molecule has 0 radical (unpaired) electrons. The Morgan fingerprint density at radius 2 is 1.17 bits per heavy atom. The topological polar surface area (TPSA) is 58.6 Å². The summed E-state index contributed by atoms with van der Waals surface area (Å²) in [4.78, 5) is 29.1. The van der Waals surface area contributed by atoms with Crippen molar-refractivity contribution in [1.29, 1.82) is 0 Å². The predicted octanol–water partition coefficient (Wildman–Crippen LogP) is 21.1. The molecule has 0 aromatic heterocycles. The van der Waals surface area contributed by atoms with Crippen molar-refractivity contribution in [2.75, 3.05) is 19.6 Å². The highest BCUT2D eigenvalue weighted by Crippen LogP contribution is 2.60. The zero-order chi connectivity index (χ0) is 54.4. The third-order valence-corrected chi connectivity index (χ3v) is 19.3. The fraction of sp³-hybridized carbons (Fsp3) is 0.886. The average molecular weight is 1050 g/mol. The molecule has 0 bridgehead atoms. The van der Waals surface area contributed by atoms with Crippen LogP contribution in [0.2, 0.25) is 0 Å². The molecule has 5 heteroatoms. The maximum Gasteiger partial charge on any atom is 0.306 e. The van der Waals surface area contributed by atoms with Crippen LogP contribution in [-0.4, -0.2) is 48.6 Å². The van der Waals surface area contributed by atoms with Crippen molar-refractivity contribution < 1.29 is 14.3 Å². The van der Waals surface area contributed by atoms with E-state index in [0.717, 1.165) is 100 Å². The molecular weight excluding hydrogens is 917 g/mol. The smallest absolute Gasteiger partial charge is 0.306 e. The number of esters is 1. The van der Waals surface area contributed by atoms with Crippen molar-refractivity contribution in [3.05, 3.63) is 35.5 Å². The van der Waals surface area contributed by atoms with E-state index in [-0.39, 0.29) is 12.1 Å². The minimum atomic E-state index is -0.0219. The largest absolute Gasteiger partial charge is 0.462 e. The summed E-state index contributed by atoms with van der Waals surface area (Å²) in [6.07, 6.45) is 57.9. The van der Waals surface area contributed by atoms with Gasteiger partial charge < -0.3 is 15.0 Å². The van der Waals surface area contributed by atoms with Gasteiger partial charge in [-0.05, 0) is 137 Å². The Bertz CT molecular complexity index is 1530. The predicted molar refractivity (Wildman–Crippen MR) is 327 cm³/mol. The van der Waals surface area contributed by atoms with Gasteiger partial charge in [-0.3, -0.25) is 9.59 Å². The first kappa shape index (κ1) is 67.4. The van der Waals surface area contributed by atoms with Gasteiger partial charge in [-0.25, -0.2) is 0 Å². The van der Waals surface area contributed by atoms with Gasteiger partial charge in [-0.1, -0.05) is 265 Å². The van der Waals surface area contributed by atoms with Crippen LogP contribution in [0.1, 0.15) is 331 Å². The SMILES string of the molecule is C=C1CCC(OC(=O)CCCCCC(CCCCCCC(=O)NC(CCCCCCCCCC)CCCCCCCCCCCC)CCN(CC)CC)C/C1=C/C=C1\CCCC2(C)C1CCC2C(C)CCCC(C)C. The Morgan fingerprint density at radius 3 is 1.76 bits per heavy atom. The van der Waals surface area contributed by atoms with E-state index in [1.165, 1.54) is 223 Å². The minimum absolute atomic E-state index is 0.00681. The monoisotopic (exact) mass is 1040 g/mol. The number of nitrogens with zero attached hydrogens (tertiary/aromatic N) is 1. The number of carbonyl (C=O) groups excluding carboxylic acids is 2. The first-order valence-electron chi connectivity index (χ1n) is 33.7. The molecule has 0 aromatic rings. The summed E-state index contributed by atoms with van der Waals surface area (Å²) in [5.41, 5.74) is 4.66. The highest BCUT2D eigenvalue weighted by molar-refractivity contribution is 5.76. The summed E-state index contributed by atoms with van der Waals surface area (Å²) >= 11 is 0. The van der Waals surface area contributed by atoms with E-state index in [1.807, 2.05) is 0 Å². The maximum atomic E-state index is 13.3. The van der Waals surface area contributed by atoms with Crippen LogP contribution in [0.5, 0.6) is 0 Å². The Hall–Kier alpha value is -1.88.